The first-order valence-electron chi connectivity index (χ1n) is 6.52. The maximum Gasteiger partial charge on any atom is 0.254 e. The number of halogens is 4. The third-order valence-corrected chi connectivity index (χ3v) is 4.01. The first-order chi connectivity index (χ1) is 9.52. The Kier molecular flexibility index (Phi) is 5.07. The quantitative estimate of drug-likeness (QED) is 0.601. The smallest absolute Gasteiger partial charge is 0.254 e. The van der Waals surface area contributed by atoms with E-state index < -0.39 is 23.4 Å². The molecule has 2 nitrogen and oxygen atoms in total. The average Bonchev–Trinajstić information content (AvgIpc) is 2.44. The number of carbonyl (C=O) groups excluding carboxylic acids is 1. The fraction of sp³-hybridized carbons (Fsp3) is 0.500. The Morgan fingerprint density at radius 2 is 1.95 bits per heavy atom. The maximum absolute atomic E-state index is 13.2. The van der Waals surface area contributed by atoms with Crippen molar-refractivity contribution in [2.45, 2.75) is 19.3 Å². The van der Waals surface area contributed by atoms with E-state index in [1.54, 1.807) is 4.90 Å². The Labute approximate surface area is 124 Å². The van der Waals surface area contributed by atoms with Crippen molar-refractivity contribution in [1.82, 2.24) is 4.90 Å². The molecular weight excluding hydrogens is 335 g/mol. The van der Waals surface area contributed by atoms with Crippen molar-refractivity contribution in [2.24, 2.45) is 5.92 Å². The van der Waals surface area contributed by atoms with Crippen molar-refractivity contribution < 1.29 is 18.0 Å². The zero-order valence-corrected chi connectivity index (χ0v) is 12.4. The molecule has 1 aliphatic heterocycles. The maximum atomic E-state index is 13.2. The number of hydrogen-bond donors (Lipinski definition) is 0. The minimum Gasteiger partial charge on any atom is -0.338 e. The SMILES string of the molecule is O=C(c1cc(F)c(F)c(F)c1)N1CCCC(CCBr)C1. The lowest BCUT2D eigenvalue weighted by molar-refractivity contribution is 0.0670. The number of nitrogens with zero attached hydrogens (tertiary/aromatic N) is 1. The summed E-state index contributed by atoms with van der Waals surface area (Å²) in [5, 5.41) is 0.861. The van der Waals surface area contributed by atoms with Crippen molar-refractivity contribution in [3.8, 4) is 0 Å². The Morgan fingerprint density at radius 1 is 1.30 bits per heavy atom. The second kappa shape index (κ2) is 6.61. The Hall–Kier alpha value is -1.04. The van der Waals surface area contributed by atoms with Crippen LogP contribution in [-0.2, 0) is 0 Å². The van der Waals surface area contributed by atoms with Crippen LogP contribution in [0.3, 0.4) is 0 Å². The number of carbonyl (C=O) groups is 1. The molecule has 20 heavy (non-hydrogen) atoms. The van der Waals surface area contributed by atoms with Crippen molar-refractivity contribution in [3.63, 3.8) is 0 Å². The van der Waals surface area contributed by atoms with Gasteiger partial charge in [-0.3, -0.25) is 4.79 Å². The van der Waals surface area contributed by atoms with E-state index in [9.17, 15) is 18.0 Å². The second-order valence-corrected chi connectivity index (χ2v) is 5.78. The summed E-state index contributed by atoms with van der Waals surface area (Å²) in [6.07, 6.45) is 2.87. The number of alkyl halides is 1. The molecule has 0 N–H and O–H groups in total. The highest BCUT2D eigenvalue weighted by Crippen LogP contribution is 2.23. The van der Waals surface area contributed by atoms with Gasteiger partial charge in [0.05, 0.1) is 0 Å². The fourth-order valence-corrected chi connectivity index (χ4v) is 3.15. The van der Waals surface area contributed by atoms with Gasteiger partial charge in [-0.2, -0.15) is 0 Å². The van der Waals surface area contributed by atoms with E-state index in [1.807, 2.05) is 0 Å². The molecule has 1 aromatic rings. The molecule has 1 atom stereocenters. The minimum atomic E-state index is -1.54. The summed E-state index contributed by atoms with van der Waals surface area (Å²) in [4.78, 5) is 13.8. The van der Waals surface area contributed by atoms with Gasteiger partial charge in [-0.25, -0.2) is 13.2 Å². The number of likely N-dealkylation sites (tertiary alicyclic amines) is 1. The van der Waals surface area contributed by atoms with Crippen LogP contribution < -0.4 is 0 Å². The predicted octanol–water partition coefficient (Wildman–Crippen LogP) is 3.74. The molecule has 1 amide bonds. The summed E-state index contributed by atoms with van der Waals surface area (Å²) in [6, 6.07) is 1.52. The second-order valence-electron chi connectivity index (χ2n) is 4.99. The lowest BCUT2D eigenvalue weighted by Gasteiger charge is -2.32. The van der Waals surface area contributed by atoms with E-state index in [0.29, 0.717) is 19.0 Å². The third kappa shape index (κ3) is 3.34. The van der Waals surface area contributed by atoms with E-state index in [-0.39, 0.29) is 5.56 Å². The molecule has 0 radical (unpaired) electrons. The first-order valence-corrected chi connectivity index (χ1v) is 7.65. The highest BCUT2D eigenvalue weighted by atomic mass is 79.9. The number of hydrogen-bond acceptors (Lipinski definition) is 1. The highest BCUT2D eigenvalue weighted by Gasteiger charge is 2.25. The summed E-state index contributed by atoms with van der Waals surface area (Å²) in [6.45, 7) is 1.14. The highest BCUT2D eigenvalue weighted by molar-refractivity contribution is 9.09. The molecule has 6 heteroatoms. The summed E-state index contributed by atoms with van der Waals surface area (Å²) < 4.78 is 39.2. The van der Waals surface area contributed by atoms with Gasteiger partial charge >= 0.3 is 0 Å². The molecule has 110 valence electrons. The number of benzene rings is 1. The zero-order chi connectivity index (χ0) is 14.7. The summed E-state index contributed by atoms with van der Waals surface area (Å²) in [5.41, 5.74) is -0.138. The van der Waals surface area contributed by atoms with Gasteiger partial charge in [0.15, 0.2) is 17.5 Å². The predicted molar refractivity (Wildman–Crippen MR) is 73.4 cm³/mol. The lowest BCUT2D eigenvalue weighted by Crippen LogP contribution is -2.40. The van der Waals surface area contributed by atoms with Crippen LogP contribution in [0.5, 0.6) is 0 Å². The molecule has 1 aromatic carbocycles. The largest absolute Gasteiger partial charge is 0.338 e. The van der Waals surface area contributed by atoms with E-state index in [4.69, 9.17) is 0 Å². The van der Waals surface area contributed by atoms with Crippen LogP contribution in [0.1, 0.15) is 29.6 Å². The van der Waals surface area contributed by atoms with E-state index >= 15 is 0 Å². The molecule has 1 heterocycles. The van der Waals surface area contributed by atoms with Gasteiger partial charge in [-0.15, -0.1) is 0 Å². The molecule has 0 saturated carbocycles. The Balaban J connectivity index is 2.14. The summed E-state index contributed by atoms with van der Waals surface area (Å²) >= 11 is 3.37. The Morgan fingerprint density at radius 3 is 2.55 bits per heavy atom. The summed E-state index contributed by atoms with van der Waals surface area (Å²) in [7, 11) is 0. The van der Waals surface area contributed by atoms with E-state index in [2.05, 4.69) is 15.9 Å². The van der Waals surface area contributed by atoms with Crippen molar-refractivity contribution in [1.29, 1.82) is 0 Å². The van der Waals surface area contributed by atoms with Crippen molar-refractivity contribution in [2.75, 3.05) is 18.4 Å². The molecule has 1 saturated heterocycles. The van der Waals surface area contributed by atoms with Crippen LogP contribution in [0.25, 0.3) is 0 Å². The third-order valence-electron chi connectivity index (χ3n) is 3.55. The van der Waals surface area contributed by atoms with Gasteiger partial charge in [0.25, 0.3) is 5.91 Å². The number of amides is 1. The monoisotopic (exact) mass is 349 g/mol. The minimum absolute atomic E-state index is 0.138. The standard InChI is InChI=1S/C14H15BrF3NO/c15-4-3-9-2-1-5-19(8-9)14(20)10-6-11(16)13(18)12(17)7-10/h6-7,9H,1-5,8H2. The topological polar surface area (TPSA) is 20.3 Å². The van der Waals surface area contributed by atoms with Gasteiger partial charge in [0, 0.05) is 24.0 Å². The van der Waals surface area contributed by atoms with Crippen LogP contribution in [0.15, 0.2) is 12.1 Å². The van der Waals surface area contributed by atoms with Gasteiger partial charge < -0.3 is 4.90 Å². The van der Waals surface area contributed by atoms with Crippen LogP contribution >= 0.6 is 15.9 Å². The van der Waals surface area contributed by atoms with Crippen LogP contribution in [0, 0.1) is 23.4 Å². The van der Waals surface area contributed by atoms with Gasteiger partial charge in [0.2, 0.25) is 0 Å². The molecule has 1 aliphatic rings. The van der Waals surface area contributed by atoms with Crippen LogP contribution in [0.2, 0.25) is 0 Å². The van der Waals surface area contributed by atoms with Crippen LogP contribution in [0.4, 0.5) is 13.2 Å². The van der Waals surface area contributed by atoms with Gasteiger partial charge in [0.1, 0.15) is 0 Å². The van der Waals surface area contributed by atoms with Crippen molar-refractivity contribution >= 4 is 21.8 Å². The molecular formula is C14H15BrF3NO. The van der Waals surface area contributed by atoms with Gasteiger partial charge in [-0.1, -0.05) is 15.9 Å². The molecule has 1 fully saturated rings. The zero-order valence-electron chi connectivity index (χ0n) is 10.8. The average molecular weight is 350 g/mol. The number of piperidine rings is 1. The molecule has 0 aromatic heterocycles. The summed E-state index contributed by atoms with van der Waals surface area (Å²) in [5.74, 6) is -4.26. The lowest BCUT2D eigenvalue weighted by atomic mass is 9.95. The number of rotatable bonds is 3. The Bertz CT molecular complexity index is 484. The van der Waals surface area contributed by atoms with E-state index in [1.165, 1.54) is 0 Å². The fourth-order valence-electron chi connectivity index (χ4n) is 2.50. The van der Waals surface area contributed by atoms with Crippen molar-refractivity contribution in [3.05, 3.63) is 35.1 Å². The first kappa shape index (κ1) is 15.4. The van der Waals surface area contributed by atoms with Crippen LogP contribution in [-0.4, -0.2) is 29.2 Å². The molecule has 2 rings (SSSR count). The van der Waals surface area contributed by atoms with E-state index in [0.717, 1.165) is 36.7 Å². The normalized spacial score (nSPS) is 19.2. The van der Waals surface area contributed by atoms with Gasteiger partial charge in [-0.05, 0) is 37.3 Å². The molecule has 0 bridgehead atoms. The molecule has 0 aliphatic carbocycles. The molecule has 0 spiro atoms. The molecule has 1 unspecified atom stereocenters.